The van der Waals surface area contributed by atoms with Gasteiger partial charge in [0.2, 0.25) is 0 Å². The normalized spacial score (nSPS) is 15.3. The number of rotatable bonds is 6. The second-order valence-corrected chi connectivity index (χ2v) is 5.51. The third-order valence-corrected chi connectivity index (χ3v) is 4.11. The molecule has 0 aliphatic heterocycles. The van der Waals surface area contributed by atoms with Gasteiger partial charge in [-0.25, -0.2) is 4.79 Å². The molecule has 0 bridgehead atoms. The van der Waals surface area contributed by atoms with Crippen LogP contribution in [-0.4, -0.2) is 55.3 Å². The minimum atomic E-state index is -0.442. The number of esters is 1. The first-order valence-electron chi connectivity index (χ1n) is 7.22. The van der Waals surface area contributed by atoms with Gasteiger partial charge in [0.05, 0.1) is 19.3 Å². The summed E-state index contributed by atoms with van der Waals surface area (Å²) in [7, 11) is 4.87. The fourth-order valence-electron chi connectivity index (χ4n) is 2.48. The van der Waals surface area contributed by atoms with Crippen molar-refractivity contribution in [3.05, 3.63) is 35.9 Å². The second kappa shape index (κ2) is 6.79. The highest BCUT2D eigenvalue weighted by atomic mass is 16.6. The van der Waals surface area contributed by atoms with Crippen LogP contribution in [0.2, 0.25) is 0 Å². The highest BCUT2D eigenvalue weighted by Crippen LogP contribution is 2.43. The molecule has 2 rings (SSSR count). The summed E-state index contributed by atoms with van der Waals surface area (Å²) < 4.78 is 10.0. The minimum absolute atomic E-state index is 0.146. The molecule has 0 unspecified atom stereocenters. The van der Waals surface area contributed by atoms with Crippen LogP contribution < -0.4 is 0 Å². The number of nitrogens with zero attached hydrogens (tertiary/aromatic N) is 2. The number of hydrogen-bond acceptors (Lipinski definition) is 5. The maximum Gasteiger partial charge on any atom is 0.411 e. The standard InChI is InChI=1S/C16H22N2O4/c1-17(11-14(19)21-3)16(9-10-16)18(2)15(20)22-12-13-7-5-4-6-8-13/h4-8H,9-12H2,1-3H3. The van der Waals surface area contributed by atoms with E-state index in [0.29, 0.717) is 0 Å². The van der Waals surface area contributed by atoms with Crippen LogP contribution in [0.15, 0.2) is 30.3 Å². The van der Waals surface area contributed by atoms with Gasteiger partial charge in [0.25, 0.3) is 0 Å². The Balaban J connectivity index is 1.91. The van der Waals surface area contributed by atoms with Gasteiger partial charge in [-0.2, -0.15) is 0 Å². The van der Waals surface area contributed by atoms with Gasteiger partial charge in [-0.1, -0.05) is 30.3 Å². The van der Waals surface area contributed by atoms with Crippen molar-refractivity contribution >= 4 is 12.1 Å². The summed E-state index contributed by atoms with van der Waals surface area (Å²) in [5.41, 5.74) is 0.499. The highest BCUT2D eigenvalue weighted by molar-refractivity contribution is 5.72. The van der Waals surface area contributed by atoms with Crippen LogP contribution in [0.4, 0.5) is 4.79 Å². The topological polar surface area (TPSA) is 59.1 Å². The summed E-state index contributed by atoms with van der Waals surface area (Å²) in [4.78, 5) is 27.0. The van der Waals surface area contributed by atoms with E-state index in [0.717, 1.165) is 18.4 Å². The van der Waals surface area contributed by atoms with Crippen molar-refractivity contribution < 1.29 is 19.1 Å². The van der Waals surface area contributed by atoms with Crippen molar-refractivity contribution in [1.82, 2.24) is 9.80 Å². The van der Waals surface area contributed by atoms with Gasteiger partial charge in [0.15, 0.2) is 0 Å². The molecule has 6 nitrogen and oxygen atoms in total. The first kappa shape index (κ1) is 16.3. The summed E-state index contributed by atoms with van der Waals surface area (Å²) in [6.45, 7) is 0.383. The predicted octanol–water partition coefficient (Wildman–Crippen LogP) is 1.85. The van der Waals surface area contributed by atoms with Crippen LogP contribution >= 0.6 is 0 Å². The Labute approximate surface area is 130 Å². The van der Waals surface area contributed by atoms with Crippen LogP contribution in [0, 0.1) is 0 Å². The van der Waals surface area contributed by atoms with Crippen molar-refractivity contribution in [3.63, 3.8) is 0 Å². The molecule has 0 aromatic heterocycles. The van der Waals surface area contributed by atoms with E-state index in [1.54, 1.807) is 11.9 Å². The van der Waals surface area contributed by atoms with E-state index in [1.165, 1.54) is 7.11 Å². The summed E-state index contributed by atoms with van der Waals surface area (Å²) in [6.07, 6.45) is 1.24. The van der Waals surface area contributed by atoms with Crippen LogP contribution in [0.1, 0.15) is 18.4 Å². The minimum Gasteiger partial charge on any atom is -0.468 e. The van der Waals surface area contributed by atoms with E-state index < -0.39 is 11.8 Å². The van der Waals surface area contributed by atoms with Crippen molar-refractivity contribution in [1.29, 1.82) is 0 Å². The lowest BCUT2D eigenvalue weighted by atomic mass is 10.2. The molecule has 1 amide bonds. The van der Waals surface area contributed by atoms with Crippen LogP contribution in [0.5, 0.6) is 0 Å². The molecule has 0 heterocycles. The van der Waals surface area contributed by atoms with Gasteiger partial charge in [-0.15, -0.1) is 0 Å². The summed E-state index contributed by atoms with van der Waals surface area (Å²) >= 11 is 0. The van der Waals surface area contributed by atoms with Gasteiger partial charge in [0, 0.05) is 7.05 Å². The average Bonchev–Trinajstić information content (AvgIpc) is 3.34. The van der Waals surface area contributed by atoms with Crippen molar-refractivity contribution in [3.8, 4) is 0 Å². The number of hydrogen-bond donors (Lipinski definition) is 0. The molecule has 1 aliphatic rings. The summed E-state index contributed by atoms with van der Waals surface area (Å²) in [6, 6.07) is 9.53. The van der Waals surface area contributed by atoms with E-state index in [9.17, 15) is 9.59 Å². The third kappa shape index (κ3) is 3.57. The number of ether oxygens (including phenoxy) is 2. The highest BCUT2D eigenvalue weighted by Gasteiger charge is 2.53. The molecule has 0 spiro atoms. The molecule has 1 saturated carbocycles. The number of likely N-dealkylation sites (N-methyl/N-ethyl adjacent to an activating group) is 1. The zero-order chi connectivity index (χ0) is 16.2. The first-order valence-corrected chi connectivity index (χ1v) is 7.22. The third-order valence-electron chi connectivity index (χ3n) is 4.11. The van der Waals surface area contributed by atoms with Crippen molar-refractivity contribution in [2.75, 3.05) is 27.7 Å². The molecule has 6 heteroatoms. The molecular formula is C16H22N2O4. The zero-order valence-corrected chi connectivity index (χ0v) is 13.2. The van der Waals surface area contributed by atoms with Crippen LogP contribution in [0.25, 0.3) is 0 Å². The van der Waals surface area contributed by atoms with E-state index in [2.05, 4.69) is 4.74 Å². The number of methoxy groups -OCH3 is 1. The summed E-state index contributed by atoms with van der Waals surface area (Å²) in [5, 5.41) is 0. The van der Waals surface area contributed by atoms with E-state index >= 15 is 0 Å². The maximum atomic E-state index is 12.2. The average molecular weight is 306 g/mol. The lowest BCUT2D eigenvalue weighted by molar-refractivity contribution is -0.143. The molecule has 0 atom stereocenters. The van der Waals surface area contributed by atoms with Gasteiger partial charge < -0.3 is 9.47 Å². The van der Waals surface area contributed by atoms with E-state index in [-0.39, 0.29) is 19.1 Å². The lowest BCUT2D eigenvalue weighted by Gasteiger charge is -2.34. The molecule has 0 saturated heterocycles. The molecule has 22 heavy (non-hydrogen) atoms. The summed E-state index contributed by atoms with van der Waals surface area (Å²) in [5.74, 6) is -0.320. The fraction of sp³-hybridized carbons (Fsp3) is 0.500. The number of carbonyl (C=O) groups is 2. The molecule has 120 valence electrons. The monoisotopic (exact) mass is 306 g/mol. The Morgan fingerprint density at radius 3 is 2.36 bits per heavy atom. The van der Waals surface area contributed by atoms with Gasteiger partial charge in [-0.3, -0.25) is 14.6 Å². The predicted molar refractivity (Wildman–Crippen MR) is 81.0 cm³/mol. The first-order chi connectivity index (χ1) is 10.5. The van der Waals surface area contributed by atoms with Gasteiger partial charge >= 0.3 is 12.1 Å². The van der Waals surface area contributed by atoms with Gasteiger partial charge in [0.1, 0.15) is 6.61 Å². The zero-order valence-electron chi connectivity index (χ0n) is 13.2. The molecule has 0 N–H and O–H groups in total. The van der Waals surface area contributed by atoms with Gasteiger partial charge in [-0.05, 0) is 25.5 Å². The molecular weight excluding hydrogens is 284 g/mol. The Hall–Kier alpha value is -2.08. The Kier molecular flexibility index (Phi) is 5.03. The number of amides is 1. The molecule has 0 radical (unpaired) electrons. The van der Waals surface area contributed by atoms with Crippen molar-refractivity contribution in [2.45, 2.75) is 25.1 Å². The number of carbonyl (C=O) groups excluding carboxylic acids is 2. The molecule has 1 aliphatic carbocycles. The Morgan fingerprint density at radius 1 is 1.18 bits per heavy atom. The molecule has 1 aromatic carbocycles. The van der Waals surface area contributed by atoms with E-state index in [1.807, 2.05) is 42.3 Å². The van der Waals surface area contributed by atoms with Crippen LogP contribution in [0.3, 0.4) is 0 Å². The van der Waals surface area contributed by atoms with E-state index in [4.69, 9.17) is 4.74 Å². The quantitative estimate of drug-likeness (QED) is 0.593. The Morgan fingerprint density at radius 2 is 1.82 bits per heavy atom. The fourth-order valence-corrected chi connectivity index (χ4v) is 2.48. The van der Waals surface area contributed by atoms with Crippen LogP contribution in [-0.2, 0) is 20.9 Å². The number of benzene rings is 1. The van der Waals surface area contributed by atoms with Crippen molar-refractivity contribution in [2.24, 2.45) is 0 Å². The Bertz CT molecular complexity index is 528. The second-order valence-electron chi connectivity index (χ2n) is 5.51. The lowest BCUT2D eigenvalue weighted by Crippen LogP contribution is -2.51. The molecule has 1 aromatic rings. The largest absolute Gasteiger partial charge is 0.468 e. The smallest absolute Gasteiger partial charge is 0.411 e. The maximum absolute atomic E-state index is 12.2. The SMILES string of the molecule is COC(=O)CN(C)C1(N(C)C(=O)OCc2ccccc2)CC1. The molecule has 1 fully saturated rings.